The maximum absolute atomic E-state index is 14.6. The minimum atomic E-state index is -5.08. The fraction of sp³-hybridized carbons (Fsp3) is 0.320. The first kappa shape index (κ1) is 27.6. The molecular weight excluding hydrogens is 501 g/mol. The van der Waals surface area contributed by atoms with E-state index in [1.165, 1.54) is 4.90 Å². The van der Waals surface area contributed by atoms with Gasteiger partial charge >= 0.3 is 12.1 Å². The summed E-state index contributed by atoms with van der Waals surface area (Å²) in [5, 5.41) is 8.03. The molecule has 2 heterocycles. The predicted octanol–water partition coefficient (Wildman–Crippen LogP) is 4.86. The Hall–Kier alpha value is -3.96. The fourth-order valence-corrected chi connectivity index (χ4v) is 3.54. The van der Waals surface area contributed by atoms with Crippen LogP contribution < -0.4 is 9.64 Å². The SMILES string of the molecule is CN(C)c1cccc(C(=O)N2CCC(F)(F)C(Oc3ccc4ccccc4n3)C2)c1.O=C(O)C(F)(F)F. The molecule has 0 radical (unpaired) electrons. The molecule has 0 saturated carbocycles. The van der Waals surface area contributed by atoms with E-state index in [0.717, 1.165) is 11.1 Å². The lowest BCUT2D eigenvalue weighted by atomic mass is 10.0. The number of carbonyl (C=O) groups excluding carboxylic acids is 1. The van der Waals surface area contributed by atoms with Crippen LogP contribution in [-0.2, 0) is 4.79 Å². The van der Waals surface area contributed by atoms with Gasteiger partial charge in [-0.25, -0.2) is 18.6 Å². The summed E-state index contributed by atoms with van der Waals surface area (Å²) >= 11 is 0. The van der Waals surface area contributed by atoms with Crippen molar-refractivity contribution in [3.05, 3.63) is 66.2 Å². The number of para-hydroxylation sites is 1. The first-order chi connectivity index (χ1) is 17.3. The van der Waals surface area contributed by atoms with Crippen molar-refractivity contribution in [2.45, 2.75) is 24.6 Å². The van der Waals surface area contributed by atoms with Crippen molar-refractivity contribution < 1.29 is 41.4 Å². The smallest absolute Gasteiger partial charge is 0.475 e. The number of alkyl halides is 5. The zero-order valence-corrected chi connectivity index (χ0v) is 19.9. The zero-order valence-electron chi connectivity index (χ0n) is 19.9. The summed E-state index contributed by atoms with van der Waals surface area (Å²) < 4.78 is 66.5. The van der Waals surface area contributed by atoms with Crippen LogP contribution in [-0.4, -0.2) is 72.3 Å². The third-order valence-corrected chi connectivity index (χ3v) is 5.55. The van der Waals surface area contributed by atoms with Crippen molar-refractivity contribution in [2.24, 2.45) is 0 Å². The number of hydrogen-bond donors (Lipinski definition) is 1. The number of carboxylic acids is 1. The number of fused-ring (bicyclic) bond motifs is 1. The summed E-state index contributed by atoms with van der Waals surface area (Å²) in [6.07, 6.45) is -6.99. The molecule has 0 spiro atoms. The van der Waals surface area contributed by atoms with Gasteiger partial charge < -0.3 is 19.6 Å². The third kappa shape index (κ3) is 7.05. The van der Waals surface area contributed by atoms with E-state index in [0.29, 0.717) is 11.1 Å². The second-order valence-electron chi connectivity index (χ2n) is 8.46. The number of carbonyl (C=O) groups is 2. The van der Waals surface area contributed by atoms with Gasteiger partial charge in [0.2, 0.25) is 5.88 Å². The number of hydrogen-bond acceptors (Lipinski definition) is 5. The van der Waals surface area contributed by atoms with Gasteiger partial charge in [0.05, 0.1) is 12.1 Å². The summed E-state index contributed by atoms with van der Waals surface area (Å²) in [5.41, 5.74) is 2.01. The number of aromatic nitrogens is 1. The molecule has 0 bridgehead atoms. The highest BCUT2D eigenvalue weighted by molar-refractivity contribution is 5.95. The number of nitrogens with zero attached hydrogens (tertiary/aromatic N) is 3. The Bertz CT molecular complexity index is 1270. The molecule has 1 aliphatic heterocycles. The number of likely N-dealkylation sites (tertiary alicyclic amines) is 1. The molecule has 2 aromatic carbocycles. The Kier molecular flexibility index (Phi) is 8.19. The number of ether oxygens (including phenoxy) is 1. The average molecular weight is 525 g/mol. The van der Waals surface area contributed by atoms with Crippen molar-refractivity contribution in [3.8, 4) is 5.88 Å². The minimum absolute atomic E-state index is 0.0248. The Morgan fingerprint density at radius 1 is 1.08 bits per heavy atom. The summed E-state index contributed by atoms with van der Waals surface area (Å²) in [6.45, 7) is -0.227. The van der Waals surface area contributed by atoms with E-state index >= 15 is 0 Å². The molecule has 1 saturated heterocycles. The molecule has 1 aromatic heterocycles. The molecule has 1 unspecified atom stereocenters. The highest BCUT2D eigenvalue weighted by atomic mass is 19.4. The standard InChI is InChI=1S/C23H23F2N3O2.C2HF3O2/c1-27(2)18-8-5-7-17(14-18)22(29)28-13-12-23(24,25)20(15-28)30-21-11-10-16-6-3-4-9-19(16)26-21;3-2(4,5)1(6)7/h3-11,14,20H,12-13,15H2,1-2H3;(H,6,7). The molecule has 1 aliphatic rings. The van der Waals surface area contributed by atoms with Gasteiger partial charge in [-0.15, -0.1) is 0 Å². The van der Waals surface area contributed by atoms with E-state index in [1.807, 2.05) is 43.3 Å². The Labute approximate surface area is 209 Å². The highest BCUT2D eigenvalue weighted by Crippen LogP contribution is 2.32. The molecule has 3 aromatic rings. The first-order valence-electron chi connectivity index (χ1n) is 11.0. The topological polar surface area (TPSA) is 83.0 Å². The summed E-state index contributed by atoms with van der Waals surface area (Å²) in [7, 11) is 3.76. The minimum Gasteiger partial charge on any atom is -0.475 e. The van der Waals surface area contributed by atoms with E-state index in [-0.39, 0.29) is 24.9 Å². The van der Waals surface area contributed by atoms with Crippen LogP contribution >= 0.6 is 0 Å². The summed E-state index contributed by atoms with van der Waals surface area (Å²) in [4.78, 5) is 29.5. The molecule has 198 valence electrons. The van der Waals surface area contributed by atoms with Crippen molar-refractivity contribution in [2.75, 3.05) is 32.1 Å². The van der Waals surface area contributed by atoms with Crippen molar-refractivity contribution >= 4 is 28.5 Å². The first-order valence-corrected chi connectivity index (χ1v) is 11.0. The molecule has 1 atom stereocenters. The normalized spacial score (nSPS) is 16.9. The van der Waals surface area contributed by atoms with Crippen molar-refractivity contribution in [1.82, 2.24) is 9.88 Å². The largest absolute Gasteiger partial charge is 0.490 e. The van der Waals surface area contributed by atoms with Gasteiger partial charge in [0.1, 0.15) is 0 Å². The van der Waals surface area contributed by atoms with Crippen LogP contribution in [0, 0.1) is 0 Å². The maximum Gasteiger partial charge on any atom is 0.490 e. The van der Waals surface area contributed by atoms with Crippen molar-refractivity contribution in [1.29, 1.82) is 0 Å². The molecule has 0 aliphatic carbocycles. The van der Waals surface area contributed by atoms with E-state index in [9.17, 15) is 26.7 Å². The highest BCUT2D eigenvalue weighted by Gasteiger charge is 2.47. The van der Waals surface area contributed by atoms with Crippen LogP contribution in [0.5, 0.6) is 5.88 Å². The quantitative estimate of drug-likeness (QED) is 0.490. The number of rotatable bonds is 4. The molecule has 12 heteroatoms. The van der Waals surface area contributed by atoms with Crippen LogP contribution in [0.25, 0.3) is 10.9 Å². The van der Waals surface area contributed by atoms with Crippen molar-refractivity contribution in [3.63, 3.8) is 0 Å². The van der Waals surface area contributed by atoms with Gasteiger partial charge in [0.25, 0.3) is 11.8 Å². The molecule has 1 N–H and O–H groups in total. The maximum atomic E-state index is 14.6. The van der Waals surface area contributed by atoms with Crippen LogP contribution in [0.3, 0.4) is 0 Å². The number of carboxylic acid groups (broad SMARTS) is 1. The predicted molar refractivity (Wildman–Crippen MR) is 126 cm³/mol. The van der Waals surface area contributed by atoms with Gasteiger partial charge in [-0.2, -0.15) is 13.2 Å². The number of piperidine rings is 1. The number of anilines is 1. The summed E-state index contributed by atoms with van der Waals surface area (Å²) in [6, 6.07) is 17.9. The molecular formula is C25H24F5N3O4. The third-order valence-electron chi connectivity index (χ3n) is 5.55. The zero-order chi connectivity index (χ0) is 27.4. The van der Waals surface area contributed by atoms with Gasteiger partial charge in [-0.05, 0) is 30.3 Å². The van der Waals surface area contributed by atoms with E-state index < -0.39 is 30.6 Å². The van der Waals surface area contributed by atoms with E-state index in [4.69, 9.17) is 14.6 Å². The number of benzene rings is 2. The lowest BCUT2D eigenvalue weighted by Gasteiger charge is -2.38. The lowest BCUT2D eigenvalue weighted by Crippen LogP contribution is -2.55. The second-order valence-corrected chi connectivity index (χ2v) is 8.46. The molecule has 7 nitrogen and oxygen atoms in total. The number of pyridine rings is 1. The average Bonchev–Trinajstić information content (AvgIpc) is 2.84. The van der Waals surface area contributed by atoms with Gasteiger partial charge in [0.15, 0.2) is 6.10 Å². The Morgan fingerprint density at radius 2 is 1.76 bits per heavy atom. The Balaban J connectivity index is 0.000000479. The van der Waals surface area contributed by atoms with Crippen LogP contribution in [0.2, 0.25) is 0 Å². The Morgan fingerprint density at radius 3 is 2.41 bits per heavy atom. The van der Waals surface area contributed by atoms with Crippen LogP contribution in [0.4, 0.5) is 27.6 Å². The second kappa shape index (κ2) is 11.0. The molecule has 1 amide bonds. The lowest BCUT2D eigenvalue weighted by molar-refractivity contribution is -0.192. The van der Waals surface area contributed by atoms with Crippen LogP contribution in [0.1, 0.15) is 16.8 Å². The monoisotopic (exact) mass is 525 g/mol. The molecule has 37 heavy (non-hydrogen) atoms. The number of halogens is 5. The van der Waals surface area contributed by atoms with Gasteiger partial charge in [-0.3, -0.25) is 4.79 Å². The van der Waals surface area contributed by atoms with E-state index in [1.54, 1.807) is 36.4 Å². The molecule has 4 rings (SSSR count). The number of amides is 1. The molecule has 1 fully saturated rings. The number of aliphatic carboxylic acids is 1. The van der Waals surface area contributed by atoms with E-state index in [2.05, 4.69) is 4.98 Å². The van der Waals surface area contributed by atoms with Gasteiger partial charge in [0, 0.05) is 49.8 Å². The fourth-order valence-electron chi connectivity index (χ4n) is 3.54. The van der Waals surface area contributed by atoms with Crippen LogP contribution in [0.15, 0.2) is 60.7 Å². The van der Waals surface area contributed by atoms with Gasteiger partial charge in [-0.1, -0.05) is 24.3 Å². The summed E-state index contributed by atoms with van der Waals surface area (Å²) in [5.74, 6) is -5.96.